The number of furan rings is 1. The first-order chi connectivity index (χ1) is 11.4. The lowest BCUT2D eigenvalue weighted by Gasteiger charge is -2.22. The average Bonchev–Trinajstić information content (AvgIpc) is 3.25. The standard InChI is InChI=1S/C18H19N3O2/c1-2-5-13(6-3-1)18-21-20-17(23-18)9-11-19-15-7-4-8-16-14(15)10-12-22-16/h1-3,5-6,10,12,15,19H,4,7-9,11H2. The number of rotatable bonds is 5. The quantitative estimate of drug-likeness (QED) is 0.781. The van der Waals surface area contributed by atoms with Crippen molar-refractivity contribution >= 4 is 0 Å². The number of aryl methyl sites for hydroxylation is 1. The van der Waals surface area contributed by atoms with Gasteiger partial charge >= 0.3 is 0 Å². The zero-order chi connectivity index (χ0) is 15.5. The van der Waals surface area contributed by atoms with Gasteiger partial charge in [-0.15, -0.1) is 10.2 Å². The summed E-state index contributed by atoms with van der Waals surface area (Å²) in [5.74, 6) is 2.37. The highest BCUT2D eigenvalue weighted by atomic mass is 16.4. The van der Waals surface area contributed by atoms with Crippen LogP contribution in [-0.4, -0.2) is 16.7 Å². The summed E-state index contributed by atoms with van der Waals surface area (Å²) in [4.78, 5) is 0. The van der Waals surface area contributed by atoms with Crippen molar-refractivity contribution in [1.82, 2.24) is 15.5 Å². The molecular formula is C18H19N3O2. The SMILES string of the molecule is c1ccc(-c2nnc(CCNC3CCCc4occc43)o2)cc1. The fraction of sp³-hybridized carbons (Fsp3) is 0.333. The Morgan fingerprint density at radius 3 is 2.96 bits per heavy atom. The second-order valence-electron chi connectivity index (χ2n) is 5.82. The molecule has 1 aromatic carbocycles. The highest BCUT2D eigenvalue weighted by Crippen LogP contribution is 2.30. The van der Waals surface area contributed by atoms with Crippen LogP contribution in [0.4, 0.5) is 0 Å². The van der Waals surface area contributed by atoms with Crippen LogP contribution < -0.4 is 5.32 Å². The Kier molecular flexibility index (Phi) is 3.94. The van der Waals surface area contributed by atoms with Crippen LogP contribution in [-0.2, 0) is 12.8 Å². The Morgan fingerprint density at radius 2 is 2.04 bits per heavy atom. The molecule has 1 unspecified atom stereocenters. The molecule has 118 valence electrons. The summed E-state index contributed by atoms with van der Waals surface area (Å²) in [5.41, 5.74) is 2.25. The first kappa shape index (κ1) is 14.2. The minimum absolute atomic E-state index is 0.369. The van der Waals surface area contributed by atoms with Crippen LogP contribution in [0.1, 0.15) is 36.1 Å². The van der Waals surface area contributed by atoms with Crippen molar-refractivity contribution in [2.24, 2.45) is 0 Å². The number of hydrogen-bond donors (Lipinski definition) is 1. The maximum absolute atomic E-state index is 5.73. The Morgan fingerprint density at radius 1 is 1.13 bits per heavy atom. The van der Waals surface area contributed by atoms with Crippen LogP contribution in [0.2, 0.25) is 0 Å². The van der Waals surface area contributed by atoms with Gasteiger partial charge in [0.1, 0.15) is 5.76 Å². The van der Waals surface area contributed by atoms with E-state index in [9.17, 15) is 0 Å². The van der Waals surface area contributed by atoms with Gasteiger partial charge in [-0.25, -0.2) is 0 Å². The zero-order valence-corrected chi connectivity index (χ0v) is 12.9. The summed E-state index contributed by atoms with van der Waals surface area (Å²) < 4.78 is 11.3. The minimum Gasteiger partial charge on any atom is -0.469 e. The Hall–Kier alpha value is -2.40. The molecule has 1 atom stereocenters. The van der Waals surface area contributed by atoms with Gasteiger partial charge in [0, 0.05) is 36.6 Å². The minimum atomic E-state index is 0.369. The van der Waals surface area contributed by atoms with E-state index in [1.54, 1.807) is 6.26 Å². The Balaban J connectivity index is 1.35. The van der Waals surface area contributed by atoms with Crippen LogP contribution in [0.15, 0.2) is 51.5 Å². The fourth-order valence-corrected chi connectivity index (χ4v) is 3.10. The molecule has 0 spiro atoms. The molecule has 5 heteroatoms. The van der Waals surface area contributed by atoms with Crippen LogP contribution in [0.5, 0.6) is 0 Å². The molecule has 1 aliphatic rings. The van der Waals surface area contributed by atoms with Crippen LogP contribution in [0.3, 0.4) is 0 Å². The van der Waals surface area contributed by atoms with Gasteiger partial charge in [-0.1, -0.05) is 18.2 Å². The molecule has 0 fully saturated rings. The molecule has 1 N–H and O–H groups in total. The highest BCUT2D eigenvalue weighted by molar-refractivity contribution is 5.51. The summed E-state index contributed by atoms with van der Waals surface area (Å²) in [6, 6.07) is 12.3. The van der Waals surface area contributed by atoms with E-state index in [1.165, 1.54) is 5.56 Å². The predicted octanol–water partition coefficient (Wildman–Crippen LogP) is 3.54. The van der Waals surface area contributed by atoms with Crippen molar-refractivity contribution in [3.05, 3.63) is 59.9 Å². The van der Waals surface area contributed by atoms with E-state index in [0.717, 1.165) is 43.6 Å². The Labute approximate surface area is 134 Å². The molecular weight excluding hydrogens is 290 g/mol. The number of fused-ring (bicyclic) bond motifs is 1. The third kappa shape index (κ3) is 3.05. The van der Waals surface area contributed by atoms with Crippen molar-refractivity contribution < 1.29 is 8.83 Å². The normalized spacial score (nSPS) is 17.1. The van der Waals surface area contributed by atoms with E-state index >= 15 is 0 Å². The lowest BCUT2D eigenvalue weighted by Crippen LogP contribution is -2.26. The lowest BCUT2D eigenvalue weighted by atomic mass is 9.93. The maximum Gasteiger partial charge on any atom is 0.247 e. The number of aromatic nitrogens is 2. The zero-order valence-electron chi connectivity index (χ0n) is 12.9. The van der Waals surface area contributed by atoms with Gasteiger partial charge in [-0.3, -0.25) is 0 Å². The molecule has 5 nitrogen and oxygen atoms in total. The summed E-state index contributed by atoms with van der Waals surface area (Å²) in [7, 11) is 0. The number of nitrogens with zero attached hydrogens (tertiary/aromatic N) is 2. The number of benzene rings is 1. The van der Waals surface area contributed by atoms with Crippen LogP contribution in [0, 0.1) is 0 Å². The number of hydrogen-bond acceptors (Lipinski definition) is 5. The van der Waals surface area contributed by atoms with E-state index in [1.807, 2.05) is 30.3 Å². The monoisotopic (exact) mass is 309 g/mol. The molecule has 2 heterocycles. The molecule has 2 aromatic heterocycles. The van der Waals surface area contributed by atoms with Gasteiger partial charge in [0.05, 0.1) is 6.26 Å². The van der Waals surface area contributed by atoms with Gasteiger partial charge in [0.15, 0.2) is 0 Å². The second kappa shape index (κ2) is 6.38. The fourth-order valence-electron chi connectivity index (χ4n) is 3.10. The molecule has 3 aromatic rings. The third-order valence-electron chi connectivity index (χ3n) is 4.27. The molecule has 0 saturated heterocycles. The summed E-state index contributed by atoms with van der Waals surface area (Å²) in [5, 5.41) is 11.8. The highest BCUT2D eigenvalue weighted by Gasteiger charge is 2.22. The average molecular weight is 309 g/mol. The van der Waals surface area contributed by atoms with Crippen molar-refractivity contribution in [1.29, 1.82) is 0 Å². The third-order valence-corrected chi connectivity index (χ3v) is 4.27. The molecule has 23 heavy (non-hydrogen) atoms. The Bertz CT molecular complexity index is 763. The lowest BCUT2D eigenvalue weighted by molar-refractivity contribution is 0.405. The number of nitrogens with one attached hydrogen (secondary N) is 1. The van der Waals surface area contributed by atoms with Gasteiger partial charge in [0.2, 0.25) is 11.8 Å². The summed E-state index contributed by atoms with van der Waals surface area (Å²) in [6.45, 7) is 0.811. The van der Waals surface area contributed by atoms with E-state index in [0.29, 0.717) is 17.8 Å². The van der Waals surface area contributed by atoms with Crippen molar-refractivity contribution in [2.75, 3.05) is 6.54 Å². The smallest absolute Gasteiger partial charge is 0.247 e. The van der Waals surface area contributed by atoms with Crippen molar-refractivity contribution in [2.45, 2.75) is 31.7 Å². The second-order valence-corrected chi connectivity index (χ2v) is 5.82. The molecule has 4 rings (SSSR count). The van der Waals surface area contributed by atoms with E-state index in [4.69, 9.17) is 8.83 Å². The topological polar surface area (TPSA) is 64.1 Å². The van der Waals surface area contributed by atoms with Crippen molar-refractivity contribution in [3.8, 4) is 11.5 Å². The molecule has 0 saturated carbocycles. The van der Waals surface area contributed by atoms with Gasteiger partial charge < -0.3 is 14.2 Å². The van der Waals surface area contributed by atoms with E-state index in [-0.39, 0.29) is 0 Å². The molecule has 0 bridgehead atoms. The molecule has 1 aliphatic carbocycles. The van der Waals surface area contributed by atoms with Crippen LogP contribution >= 0.6 is 0 Å². The summed E-state index contributed by atoms with van der Waals surface area (Å²) in [6.07, 6.45) is 5.87. The summed E-state index contributed by atoms with van der Waals surface area (Å²) >= 11 is 0. The first-order valence-electron chi connectivity index (χ1n) is 8.07. The predicted molar refractivity (Wildman–Crippen MR) is 85.8 cm³/mol. The van der Waals surface area contributed by atoms with Crippen LogP contribution in [0.25, 0.3) is 11.5 Å². The maximum atomic E-state index is 5.73. The van der Waals surface area contributed by atoms with E-state index < -0.39 is 0 Å². The molecule has 0 amide bonds. The molecule has 0 aliphatic heterocycles. The van der Waals surface area contributed by atoms with E-state index in [2.05, 4.69) is 21.6 Å². The van der Waals surface area contributed by atoms with Gasteiger partial charge in [-0.2, -0.15) is 0 Å². The largest absolute Gasteiger partial charge is 0.469 e. The molecule has 0 radical (unpaired) electrons. The van der Waals surface area contributed by atoms with Crippen molar-refractivity contribution in [3.63, 3.8) is 0 Å². The van der Waals surface area contributed by atoms with Gasteiger partial charge in [-0.05, 0) is 31.0 Å². The first-order valence-corrected chi connectivity index (χ1v) is 8.07. The van der Waals surface area contributed by atoms with Gasteiger partial charge in [0.25, 0.3) is 0 Å².